The van der Waals surface area contributed by atoms with Crippen LogP contribution in [0.1, 0.15) is 18.4 Å². The molecule has 4 heterocycles. The molecular weight excluding hydrogens is 447 g/mol. The Morgan fingerprint density at radius 2 is 1.91 bits per heavy atom. The average molecular weight is 481 g/mol. The lowest BCUT2D eigenvalue weighted by atomic mass is 9.91. The number of nitrogens with zero attached hydrogens (tertiary/aromatic N) is 4. The van der Waals surface area contributed by atoms with E-state index in [0.29, 0.717) is 17.5 Å². The molecule has 3 aliphatic heterocycles. The number of halogens is 1. The first-order valence-corrected chi connectivity index (χ1v) is 12.8. The van der Waals surface area contributed by atoms with Gasteiger partial charge in [-0.2, -0.15) is 0 Å². The zero-order chi connectivity index (χ0) is 23.6. The molecule has 0 bridgehead atoms. The topological polar surface area (TPSA) is 54.2 Å². The standard InChI is InChI=1S/C27H33FN4O3/c28-22-5-7-26-25(15-22)27(29-35-26)32-9-8-31-17-21(4-6-23(31)18-32)19-34-24-3-1-2-20(14-24)16-30-10-12-33-13-11-30/h1-3,5,7,14-15,21,23H,4,6,8-13,16-19H2/t21-,23+/m1/s1. The van der Waals surface area contributed by atoms with Crippen molar-refractivity contribution in [3.8, 4) is 5.75 Å². The molecule has 35 heavy (non-hydrogen) atoms. The van der Waals surface area contributed by atoms with E-state index in [-0.39, 0.29) is 5.82 Å². The summed E-state index contributed by atoms with van der Waals surface area (Å²) in [6, 6.07) is 13.6. The highest BCUT2D eigenvalue weighted by Gasteiger charge is 2.34. The lowest BCUT2D eigenvalue weighted by molar-refractivity contribution is 0.0341. The summed E-state index contributed by atoms with van der Waals surface area (Å²) in [6.07, 6.45) is 2.28. The van der Waals surface area contributed by atoms with Gasteiger partial charge < -0.3 is 18.9 Å². The van der Waals surface area contributed by atoms with E-state index in [0.717, 1.165) is 95.4 Å². The molecule has 8 heteroatoms. The van der Waals surface area contributed by atoms with Crippen LogP contribution in [0.3, 0.4) is 0 Å². The molecule has 1 aromatic heterocycles. The molecule has 186 valence electrons. The normalized spacial score (nSPS) is 24.0. The first-order valence-electron chi connectivity index (χ1n) is 12.8. The summed E-state index contributed by atoms with van der Waals surface area (Å²) in [4.78, 5) is 7.27. The maximum Gasteiger partial charge on any atom is 0.180 e. The number of piperazine rings is 1. The van der Waals surface area contributed by atoms with Crippen molar-refractivity contribution in [2.24, 2.45) is 5.92 Å². The highest BCUT2D eigenvalue weighted by molar-refractivity contribution is 5.88. The number of morpholine rings is 1. The predicted molar refractivity (Wildman–Crippen MR) is 132 cm³/mol. The van der Waals surface area contributed by atoms with Crippen molar-refractivity contribution in [2.75, 3.05) is 64.0 Å². The maximum atomic E-state index is 13.8. The second-order valence-corrected chi connectivity index (χ2v) is 10.0. The minimum Gasteiger partial charge on any atom is -0.493 e. The summed E-state index contributed by atoms with van der Waals surface area (Å²) >= 11 is 0. The first-order chi connectivity index (χ1) is 17.2. The van der Waals surface area contributed by atoms with Gasteiger partial charge in [-0.3, -0.25) is 9.80 Å². The number of hydrogen-bond donors (Lipinski definition) is 0. The summed E-state index contributed by atoms with van der Waals surface area (Å²) in [7, 11) is 0. The third-order valence-electron chi connectivity index (χ3n) is 7.61. The third kappa shape index (κ3) is 5.15. The minimum absolute atomic E-state index is 0.257. The molecule has 0 saturated carbocycles. The molecule has 3 saturated heterocycles. The number of piperidine rings is 1. The van der Waals surface area contributed by atoms with Crippen LogP contribution in [0.5, 0.6) is 5.75 Å². The van der Waals surface area contributed by atoms with Gasteiger partial charge >= 0.3 is 0 Å². The molecule has 0 unspecified atom stereocenters. The van der Waals surface area contributed by atoms with Crippen molar-refractivity contribution >= 4 is 16.8 Å². The molecule has 0 N–H and O–H groups in total. The molecule has 3 aliphatic rings. The van der Waals surface area contributed by atoms with Gasteiger partial charge in [-0.05, 0) is 48.7 Å². The summed E-state index contributed by atoms with van der Waals surface area (Å²) < 4.78 is 30.9. The van der Waals surface area contributed by atoms with Crippen LogP contribution < -0.4 is 9.64 Å². The zero-order valence-electron chi connectivity index (χ0n) is 20.1. The molecule has 0 aliphatic carbocycles. The Kier molecular flexibility index (Phi) is 6.59. The van der Waals surface area contributed by atoms with E-state index >= 15 is 0 Å². The van der Waals surface area contributed by atoms with Crippen LogP contribution in [0.25, 0.3) is 11.0 Å². The summed E-state index contributed by atoms with van der Waals surface area (Å²) in [6.45, 7) is 9.12. The fourth-order valence-electron chi connectivity index (χ4n) is 5.68. The van der Waals surface area contributed by atoms with Gasteiger partial charge in [0.25, 0.3) is 0 Å². The number of ether oxygens (including phenoxy) is 2. The van der Waals surface area contributed by atoms with Gasteiger partial charge in [0.15, 0.2) is 11.4 Å². The van der Waals surface area contributed by atoms with E-state index in [4.69, 9.17) is 14.0 Å². The van der Waals surface area contributed by atoms with Gasteiger partial charge in [0, 0.05) is 57.8 Å². The quantitative estimate of drug-likeness (QED) is 0.532. The number of fused-ring (bicyclic) bond motifs is 2. The molecule has 3 fully saturated rings. The molecule has 0 radical (unpaired) electrons. The van der Waals surface area contributed by atoms with E-state index in [9.17, 15) is 4.39 Å². The highest BCUT2D eigenvalue weighted by Crippen LogP contribution is 2.32. The van der Waals surface area contributed by atoms with Crippen LogP contribution in [0.4, 0.5) is 10.2 Å². The number of benzene rings is 2. The van der Waals surface area contributed by atoms with Crippen molar-refractivity contribution in [1.29, 1.82) is 0 Å². The van der Waals surface area contributed by atoms with Crippen LogP contribution in [0.15, 0.2) is 47.0 Å². The smallest absolute Gasteiger partial charge is 0.180 e. The Morgan fingerprint density at radius 3 is 2.83 bits per heavy atom. The molecule has 2 aromatic carbocycles. The molecular formula is C27H33FN4O3. The van der Waals surface area contributed by atoms with E-state index in [2.05, 4.69) is 44.1 Å². The molecule has 6 rings (SSSR count). The van der Waals surface area contributed by atoms with Gasteiger partial charge in [-0.25, -0.2) is 4.39 Å². The Morgan fingerprint density at radius 1 is 1.00 bits per heavy atom. The summed E-state index contributed by atoms with van der Waals surface area (Å²) in [5, 5.41) is 5.02. The maximum absolute atomic E-state index is 13.8. The van der Waals surface area contributed by atoms with Crippen molar-refractivity contribution in [3.63, 3.8) is 0 Å². The highest BCUT2D eigenvalue weighted by atomic mass is 19.1. The molecule has 7 nitrogen and oxygen atoms in total. The van der Waals surface area contributed by atoms with Crippen molar-refractivity contribution in [2.45, 2.75) is 25.4 Å². The lowest BCUT2D eigenvalue weighted by Gasteiger charge is -2.46. The second-order valence-electron chi connectivity index (χ2n) is 10.0. The Bertz CT molecular complexity index is 1150. The first kappa shape index (κ1) is 22.8. The van der Waals surface area contributed by atoms with E-state index in [1.54, 1.807) is 6.07 Å². The second kappa shape index (κ2) is 10.1. The Labute approximate surface area is 205 Å². The largest absolute Gasteiger partial charge is 0.493 e. The number of aromatic nitrogens is 1. The van der Waals surface area contributed by atoms with Gasteiger partial charge in [0.1, 0.15) is 11.6 Å². The fraction of sp³-hybridized carbons (Fsp3) is 0.519. The average Bonchev–Trinajstić information content (AvgIpc) is 3.31. The van der Waals surface area contributed by atoms with Crippen LogP contribution in [-0.2, 0) is 11.3 Å². The van der Waals surface area contributed by atoms with Crippen LogP contribution in [0, 0.1) is 11.7 Å². The Balaban J connectivity index is 1.02. The van der Waals surface area contributed by atoms with Crippen molar-refractivity contribution < 1.29 is 18.4 Å². The monoisotopic (exact) mass is 480 g/mol. The third-order valence-corrected chi connectivity index (χ3v) is 7.61. The van der Waals surface area contributed by atoms with Gasteiger partial charge in [0.2, 0.25) is 0 Å². The molecule has 3 aromatic rings. The van der Waals surface area contributed by atoms with Crippen LogP contribution in [0.2, 0.25) is 0 Å². The summed E-state index contributed by atoms with van der Waals surface area (Å²) in [5.74, 6) is 2.00. The van der Waals surface area contributed by atoms with Gasteiger partial charge in [0.05, 0.1) is 25.2 Å². The Hall–Kier alpha value is -2.68. The molecule has 2 atom stereocenters. The van der Waals surface area contributed by atoms with Crippen LogP contribution >= 0.6 is 0 Å². The lowest BCUT2D eigenvalue weighted by Crippen LogP contribution is -2.57. The number of hydrogen-bond acceptors (Lipinski definition) is 7. The number of rotatable bonds is 6. The predicted octanol–water partition coefficient (Wildman–Crippen LogP) is 3.78. The van der Waals surface area contributed by atoms with E-state index in [1.165, 1.54) is 17.7 Å². The van der Waals surface area contributed by atoms with E-state index in [1.807, 2.05) is 0 Å². The summed E-state index contributed by atoms with van der Waals surface area (Å²) in [5.41, 5.74) is 1.93. The van der Waals surface area contributed by atoms with Crippen molar-refractivity contribution in [1.82, 2.24) is 15.0 Å². The van der Waals surface area contributed by atoms with E-state index < -0.39 is 0 Å². The van der Waals surface area contributed by atoms with Gasteiger partial charge in [-0.1, -0.05) is 17.3 Å². The molecule has 0 spiro atoms. The SMILES string of the molecule is Fc1ccc2onc(N3CCN4C[C@H](COc5cccc(CN6CCOCC6)c5)CC[C@H]4C3)c2c1. The van der Waals surface area contributed by atoms with Gasteiger partial charge in [-0.15, -0.1) is 0 Å². The fourth-order valence-corrected chi connectivity index (χ4v) is 5.68. The number of anilines is 1. The zero-order valence-corrected chi connectivity index (χ0v) is 20.1. The van der Waals surface area contributed by atoms with Crippen LogP contribution in [-0.4, -0.2) is 80.1 Å². The van der Waals surface area contributed by atoms with Crippen molar-refractivity contribution in [3.05, 3.63) is 53.8 Å². The minimum atomic E-state index is -0.257. The molecule has 0 amide bonds.